The number of piperidine rings is 1. The van der Waals surface area contributed by atoms with E-state index in [0.717, 1.165) is 36.1 Å². The molecule has 2 amide bonds. The summed E-state index contributed by atoms with van der Waals surface area (Å²) >= 11 is 0. The molecule has 10 nitrogen and oxygen atoms in total. The Morgan fingerprint density at radius 3 is 2.51 bits per heavy atom. The van der Waals surface area contributed by atoms with Crippen molar-refractivity contribution in [2.45, 2.75) is 50.9 Å². The Balaban J connectivity index is 1.58. The number of ether oxygens (including phenoxy) is 1. The van der Waals surface area contributed by atoms with Crippen molar-refractivity contribution in [3.8, 4) is 5.75 Å². The van der Waals surface area contributed by atoms with E-state index < -0.39 is 11.0 Å². The number of amides is 2. The Morgan fingerprint density at radius 2 is 1.86 bits per heavy atom. The van der Waals surface area contributed by atoms with Gasteiger partial charge in [0.05, 0.1) is 12.0 Å². The van der Waals surface area contributed by atoms with Gasteiger partial charge in [-0.1, -0.05) is 24.3 Å². The Bertz CT molecular complexity index is 1100. The van der Waals surface area contributed by atoms with Crippen molar-refractivity contribution in [2.75, 3.05) is 26.7 Å². The molecule has 198 valence electrons. The van der Waals surface area contributed by atoms with Crippen LogP contribution in [0.1, 0.15) is 36.8 Å². The molecule has 3 N–H and O–H groups in total. The third-order valence-corrected chi connectivity index (χ3v) is 7.10. The molecule has 1 heterocycles. The van der Waals surface area contributed by atoms with Crippen LogP contribution < -0.4 is 15.8 Å². The van der Waals surface area contributed by atoms with Gasteiger partial charge in [0, 0.05) is 56.8 Å². The monoisotopic (exact) mass is 509 g/mol. The zero-order valence-electron chi connectivity index (χ0n) is 21.2. The van der Waals surface area contributed by atoms with Gasteiger partial charge < -0.3 is 20.7 Å². The second-order valence-corrected chi connectivity index (χ2v) is 9.76. The Morgan fingerprint density at radius 1 is 1.14 bits per heavy atom. The summed E-state index contributed by atoms with van der Waals surface area (Å²) in [6.45, 7) is 2.36. The van der Waals surface area contributed by atoms with Crippen LogP contribution >= 0.6 is 0 Å². The van der Waals surface area contributed by atoms with Crippen molar-refractivity contribution in [3.63, 3.8) is 0 Å². The number of nitrogens with one attached hydrogen (secondary N) is 1. The number of nitrogens with two attached hydrogens (primary N) is 1. The highest BCUT2D eigenvalue weighted by Crippen LogP contribution is 2.34. The molecule has 0 bridgehead atoms. The van der Waals surface area contributed by atoms with Gasteiger partial charge in [-0.2, -0.15) is 0 Å². The molecule has 10 heteroatoms. The Labute approximate surface area is 216 Å². The van der Waals surface area contributed by atoms with Gasteiger partial charge >= 0.3 is 0 Å². The maximum atomic E-state index is 13.1. The molecule has 1 unspecified atom stereocenters. The van der Waals surface area contributed by atoms with Crippen LogP contribution in [0.3, 0.4) is 0 Å². The van der Waals surface area contributed by atoms with Crippen LogP contribution in [0.15, 0.2) is 48.5 Å². The highest BCUT2D eigenvalue weighted by atomic mass is 16.6. The predicted octanol–water partition coefficient (Wildman–Crippen LogP) is 2.45. The molecule has 2 atom stereocenters. The first kappa shape index (κ1) is 26.6. The lowest BCUT2D eigenvalue weighted by Gasteiger charge is -2.43. The van der Waals surface area contributed by atoms with Crippen molar-refractivity contribution in [1.29, 1.82) is 0 Å². The van der Waals surface area contributed by atoms with E-state index in [1.807, 2.05) is 24.3 Å². The number of rotatable bonds is 11. The van der Waals surface area contributed by atoms with Crippen molar-refractivity contribution in [1.82, 2.24) is 15.1 Å². The second kappa shape index (κ2) is 12.2. The van der Waals surface area contributed by atoms with Gasteiger partial charge in [0.2, 0.25) is 11.8 Å². The standard InChI is InChI=1S/C27H35N5O5/c1-37-24-4-2-3-20(15-24)18-30(17-19-5-9-22(10-6-19)32(35)36)23-11-14-31(27(34)21-7-8-21)25(16-23)26(33)29-13-12-28/h2-6,9-10,15,21,23,25H,7-8,11-14,16-18,28H2,1H3,(H,29,33)/t23?,25-/m1/s1. The molecule has 0 aromatic heterocycles. The van der Waals surface area contributed by atoms with Crippen molar-refractivity contribution >= 4 is 17.5 Å². The summed E-state index contributed by atoms with van der Waals surface area (Å²) in [5.41, 5.74) is 7.65. The SMILES string of the molecule is COc1cccc(CN(Cc2ccc([N+](=O)[O-])cc2)C2CCN(C(=O)C3CC3)[C@@H](C(=O)NCCN)C2)c1. The van der Waals surface area contributed by atoms with Gasteiger partial charge in [-0.3, -0.25) is 24.6 Å². The lowest BCUT2D eigenvalue weighted by atomic mass is 9.93. The lowest BCUT2D eigenvalue weighted by molar-refractivity contribution is -0.384. The van der Waals surface area contributed by atoms with Crippen LogP contribution in [0.5, 0.6) is 5.75 Å². The summed E-state index contributed by atoms with van der Waals surface area (Å²) in [5, 5.41) is 14.0. The van der Waals surface area contributed by atoms with Gasteiger partial charge in [-0.05, 0) is 48.9 Å². The zero-order valence-corrected chi connectivity index (χ0v) is 21.2. The van der Waals surface area contributed by atoms with E-state index in [9.17, 15) is 19.7 Å². The molecular formula is C27H35N5O5. The molecule has 2 aromatic rings. The number of hydrogen-bond donors (Lipinski definition) is 2. The molecule has 2 fully saturated rings. The fourth-order valence-electron chi connectivity index (χ4n) is 4.95. The van der Waals surface area contributed by atoms with Crippen LogP contribution in [-0.4, -0.2) is 65.4 Å². The zero-order chi connectivity index (χ0) is 26.4. The molecule has 1 saturated carbocycles. The van der Waals surface area contributed by atoms with E-state index >= 15 is 0 Å². The maximum Gasteiger partial charge on any atom is 0.269 e. The summed E-state index contributed by atoms with van der Waals surface area (Å²) in [5.74, 6) is 0.702. The van der Waals surface area contributed by atoms with Gasteiger partial charge in [0.1, 0.15) is 11.8 Å². The highest BCUT2D eigenvalue weighted by molar-refractivity contribution is 5.89. The number of non-ortho nitro benzene ring substituents is 1. The highest BCUT2D eigenvalue weighted by Gasteiger charge is 2.42. The number of hydrogen-bond acceptors (Lipinski definition) is 7. The summed E-state index contributed by atoms with van der Waals surface area (Å²) in [6.07, 6.45) is 3.01. The van der Waals surface area contributed by atoms with E-state index in [0.29, 0.717) is 39.1 Å². The minimum absolute atomic E-state index is 0.0262. The normalized spacial score (nSPS) is 19.5. The third-order valence-electron chi connectivity index (χ3n) is 7.10. The summed E-state index contributed by atoms with van der Waals surface area (Å²) in [6, 6.07) is 13.9. The van der Waals surface area contributed by atoms with Crippen LogP contribution in [0.25, 0.3) is 0 Å². The molecule has 2 aromatic carbocycles. The van der Waals surface area contributed by atoms with Gasteiger partial charge in [0.25, 0.3) is 5.69 Å². The number of nitro benzene ring substituents is 1. The number of likely N-dealkylation sites (tertiary alicyclic amines) is 1. The summed E-state index contributed by atoms with van der Waals surface area (Å²) < 4.78 is 5.40. The molecule has 37 heavy (non-hydrogen) atoms. The second-order valence-electron chi connectivity index (χ2n) is 9.76. The molecule has 1 aliphatic heterocycles. The van der Waals surface area contributed by atoms with E-state index in [4.69, 9.17) is 10.5 Å². The molecule has 1 aliphatic carbocycles. The number of nitrogens with zero attached hydrogens (tertiary/aromatic N) is 3. The number of carbonyl (C=O) groups excluding carboxylic acids is 2. The number of carbonyl (C=O) groups is 2. The molecular weight excluding hydrogens is 474 g/mol. The molecule has 1 saturated heterocycles. The largest absolute Gasteiger partial charge is 0.497 e. The minimum atomic E-state index is -0.553. The van der Waals surface area contributed by atoms with Crippen molar-refractivity contribution in [3.05, 3.63) is 69.8 Å². The first-order chi connectivity index (χ1) is 17.9. The number of nitro groups is 1. The van der Waals surface area contributed by atoms with Gasteiger partial charge in [0.15, 0.2) is 0 Å². The van der Waals surface area contributed by atoms with Crippen LogP contribution in [0.2, 0.25) is 0 Å². The fraction of sp³-hybridized carbons (Fsp3) is 0.481. The van der Waals surface area contributed by atoms with Gasteiger partial charge in [-0.25, -0.2) is 0 Å². The molecule has 0 spiro atoms. The Hall–Kier alpha value is -3.50. The van der Waals surface area contributed by atoms with Crippen molar-refractivity contribution in [2.24, 2.45) is 11.7 Å². The van der Waals surface area contributed by atoms with Crippen LogP contribution in [0, 0.1) is 16.0 Å². The van der Waals surface area contributed by atoms with Crippen molar-refractivity contribution < 1.29 is 19.2 Å². The smallest absolute Gasteiger partial charge is 0.269 e. The molecule has 2 aliphatic rings. The maximum absolute atomic E-state index is 13.1. The van der Waals surface area contributed by atoms with Gasteiger partial charge in [-0.15, -0.1) is 0 Å². The Kier molecular flexibility index (Phi) is 8.73. The average molecular weight is 510 g/mol. The van der Waals surface area contributed by atoms with E-state index in [1.54, 1.807) is 24.1 Å². The number of benzene rings is 2. The first-order valence-corrected chi connectivity index (χ1v) is 12.8. The third kappa shape index (κ3) is 6.84. The quantitative estimate of drug-likeness (QED) is 0.351. The number of methoxy groups -OCH3 is 1. The van der Waals surface area contributed by atoms with E-state index in [2.05, 4.69) is 10.2 Å². The lowest BCUT2D eigenvalue weighted by Crippen LogP contribution is -2.57. The van der Waals surface area contributed by atoms with Crippen LogP contribution in [-0.2, 0) is 22.7 Å². The molecule has 0 radical (unpaired) electrons. The predicted molar refractivity (Wildman–Crippen MR) is 139 cm³/mol. The molecule has 4 rings (SSSR count). The minimum Gasteiger partial charge on any atom is -0.497 e. The first-order valence-electron chi connectivity index (χ1n) is 12.8. The summed E-state index contributed by atoms with van der Waals surface area (Å²) in [7, 11) is 1.63. The van der Waals surface area contributed by atoms with E-state index in [1.165, 1.54) is 12.1 Å². The fourth-order valence-corrected chi connectivity index (χ4v) is 4.95. The van der Waals surface area contributed by atoms with Crippen LogP contribution in [0.4, 0.5) is 5.69 Å². The van der Waals surface area contributed by atoms with E-state index in [-0.39, 0.29) is 29.5 Å². The average Bonchev–Trinajstić information content (AvgIpc) is 3.77. The summed E-state index contributed by atoms with van der Waals surface area (Å²) in [4.78, 5) is 40.9. The topological polar surface area (TPSA) is 131 Å².